The Hall–Kier alpha value is -5.09. The number of hydrogen-bond acceptors (Lipinski definition) is 4. The third-order valence-electron chi connectivity index (χ3n) is 6.53. The van der Waals surface area contributed by atoms with Gasteiger partial charge >= 0.3 is 0 Å². The van der Waals surface area contributed by atoms with Gasteiger partial charge in [-0.25, -0.2) is 4.99 Å². The molecule has 266 valence electrons. The Morgan fingerprint density at radius 3 is 1.74 bits per heavy atom. The lowest BCUT2D eigenvalue weighted by atomic mass is 10.1. The van der Waals surface area contributed by atoms with Gasteiger partial charge in [0.25, 0.3) is 0 Å². The molecule has 4 nitrogen and oxygen atoms in total. The number of amidine groups is 1. The van der Waals surface area contributed by atoms with Crippen molar-refractivity contribution in [3.63, 3.8) is 0 Å². The normalized spacial score (nSPS) is 10.2. The molecule has 50 heavy (non-hydrogen) atoms. The number of aryl methyl sites for hydroxylation is 1. The van der Waals surface area contributed by atoms with Crippen LogP contribution in [-0.4, -0.2) is 15.8 Å². The van der Waals surface area contributed by atoms with Gasteiger partial charge in [-0.05, 0) is 54.6 Å². The Labute approximate surface area is 304 Å². The Bertz CT molecular complexity index is 1670. The lowest BCUT2D eigenvalue weighted by Crippen LogP contribution is -2.12. The zero-order chi connectivity index (χ0) is 37.4. The molecule has 2 aromatic heterocycles. The molecule has 1 N–H and O–H groups in total. The first-order chi connectivity index (χ1) is 24.8. The summed E-state index contributed by atoms with van der Waals surface area (Å²) in [6.07, 6.45) is 9.69. The van der Waals surface area contributed by atoms with Crippen molar-refractivity contribution < 1.29 is 0 Å². The third kappa shape index (κ3) is 15.9. The van der Waals surface area contributed by atoms with Gasteiger partial charge in [0, 0.05) is 47.0 Å². The monoisotopic (exact) mass is 670 g/mol. The molecule has 0 saturated carbocycles. The van der Waals surface area contributed by atoms with Crippen LogP contribution in [0.5, 0.6) is 0 Å². The quantitative estimate of drug-likeness (QED) is 0.187. The van der Waals surface area contributed by atoms with E-state index in [0.29, 0.717) is 0 Å². The molecule has 0 bridgehead atoms. The number of allylic oxidation sites excluding steroid dienone is 1. The molecular formula is C46H62N4. The molecule has 0 saturated heterocycles. The minimum absolute atomic E-state index is 1.01. The standard InChI is InChI=1S/C13H9N.C12H11N.C11H12N2.5C2H6/c1-2-6-12-10(4-1)7-8-11-5-3-9-14-13(11)12;1-10-6-2-3-7-11(10)12-8-4-5-9-13-12;1-2-6-10(7-3-1)13-11-8-4-5-9-12-11;5*1-2/h1-9H;2-9H,1H3;1-3,5-7,9H,4,8H2,(H,12,13);5*1-2H3. The average molecular weight is 671 g/mol. The maximum atomic E-state index is 4.41. The summed E-state index contributed by atoms with van der Waals surface area (Å²) in [7, 11) is 0. The van der Waals surface area contributed by atoms with Crippen molar-refractivity contribution >= 4 is 33.2 Å². The largest absolute Gasteiger partial charge is 0.344 e. The molecule has 0 unspecified atom stereocenters. The third-order valence-corrected chi connectivity index (χ3v) is 6.53. The molecule has 0 atom stereocenters. The van der Waals surface area contributed by atoms with Crippen LogP contribution in [0.3, 0.4) is 0 Å². The highest BCUT2D eigenvalue weighted by Gasteiger charge is 2.01. The van der Waals surface area contributed by atoms with E-state index in [4.69, 9.17) is 0 Å². The first-order valence-electron chi connectivity index (χ1n) is 18.5. The predicted octanol–water partition coefficient (Wildman–Crippen LogP) is 14.4. The molecular weight excluding hydrogens is 609 g/mol. The molecule has 4 heteroatoms. The second-order valence-corrected chi connectivity index (χ2v) is 9.38. The molecule has 7 rings (SSSR count). The van der Waals surface area contributed by atoms with Crippen LogP contribution in [0.25, 0.3) is 32.9 Å². The van der Waals surface area contributed by atoms with Crippen molar-refractivity contribution in [1.82, 2.24) is 9.97 Å². The molecule has 3 heterocycles. The number of para-hydroxylation sites is 1. The summed E-state index contributed by atoms with van der Waals surface area (Å²) in [6.45, 7) is 22.1. The highest BCUT2D eigenvalue weighted by Crippen LogP contribution is 2.23. The van der Waals surface area contributed by atoms with Crippen molar-refractivity contribution in [3.8, 4) is 11.3 Å². The number of rotatable bonds is 2. The van der Waals surface area contributed by atoms with Gasteiger partial charge in [-0.15, -0.1) is 0 Å². The van der Waals surface area contributed by atoms with Crippen molar-refractivity contribution in [2.45, 2.75) is 89.0 Å². The van der Waals surface area contributed by atoms with Crippen LogP contribution >= 0.6 is 0 Å². The Kier molecular flexibility index (Phi) is 26.9. The fourth-order valence-electron chi connectivity index (χ4n) is 4.48. The van der Waals surface area contributed by atoms with E-state index in [1.54, 1.807) is 0 Å². The van der Waals surface area contributed by atoms with E-state index >= 15 is 0 Å². The summed E-state index contributed by atoms with van der Waals surface area (Å²) in [5.74, 6) is 1.05. The number of benzene rings is 4. The maximum Gasteiger partial charge on any atom is 0.106 e. The molecule has 4 aromatic carbocycles. The van der Waals surface area contributed by atoms with Gasteiger partial charge in [0.15, 0.2) is 0 Å². The van der Waals surface area contributed by atoms with Gasteiger partial charge in [-0.1, -0.05) is 166 Å². The minimum Gasteiger partial charge on any atom is -0.344 e. The van der Waals surface area contributed by atoms with Crippen LogP contribution < -0.4 is 5.32 Å². The molecule has 0 fully saturated rings. The zero-order valence-corrected chi connectivity index (χ0v) is 32.6. The number of anilines is 1. The molecule has 0 aliphatic carbocycles. The predicted molar refractivity (Wildman–Crippen MR) is 226 cm³/mol. The minimum atomic E-state index is 1.01. The Morgan fingerprint density at radius 1 is 0.520 bits per heavy atom. The van der Waals surface area contributed by atoms with Crippen molar-refractivity contribution in [2.24, 2.45) is 4.99 Å². The number of aliphatic imine (C=N–C) groups is 1. The van der Waals surface area contributed by atoms with Crippen LogP contribution in [0.1, 0.15) is 87.6 Å². The SMILES string of the molecule is C1=CN=C(Nc2ccccc2)CC1.CC.CC.CC.CC.CC.Cc1ccccc1-c1ccccn1.c1ccc2c(c1)ccc1cccnc12. The molecule has 6 aromatic rings. The highest BCUT2D eigenvalue weighted by atomic mass is 15.0. The van der Waals surface area contributed by atoms with Gasteiger partial charge < -0.3 is 5.32 Å². The number of hydrogen-bond donors (Lipinski definition) is 1. The Morgan fingerprint density at radius 2 is 1.10 bits per heavy atom. The van der Waals surface area contributed by atoms with Crippen LogP contribution in [-0.2, 0) is 0 Å². The summed E-state index contributed by atoms with van der Waals surface area (Å²) in [4.78, 5) is 13.0. The number of pyridine rings is 2. The van der Waals surface area contributed by atoms with Gasteiger partial charge in [0.2, 0.25) is 0 Å². The fraction of sp³-hybridized carbons (Fsp3) is 0.283. The maximum absolute atomic E-state index is 4.41. The molecule has 1 aliphatic rings. The van der Waals surface area contributed by atoms with Crippen LogP contribution in [0, 0.1) is 6.92 Å². The first kappa shape index (κ1) is 44.9. The van der Waals surface area contributed by atoms with Gasteiger partial charge in [-0.2, -0.15) is 0 Å². The lowest BCUT2D eigenvalue weighted by molar-refractivity contribution is 1.05. The van der Waals surface area contributed by atoms with Crippen molar-refractivity contribution in [2.75, 3.05) is 5.32 Å². The number of aromatic nitrogens is 2. The van der Waals surface area contributed by atoms with Crippen molar-refractivity contribution in [1.29, 1.82) is 0 Å². The second kappa shape index (κ2) is 30.0. The van der Waals surface area contributed by atoms with E-state index in [2.05, 4.69) is 87.9 Å². The van der Waals surface area contributed by atoms with E-state index in [0.717, 1.165) is 35.6 Å². The average Bonchev–Trinajstić information content (AvgIpc) is 3.23. The van der Waals surface area contributed by atoms with Crippen LogP contribution in [0.15, 0.2) is 151 Å². The topological polar surface area (TPSA) is 50.2 Å². The second-order valence-electron chi connectivity index (χ2n) is 9.38. The smallest absolute Gasteiger partial charge is 0.106 e. The number of nitrogens with one attached hydrogen (secondary N) is 1. The first-order valence-corrected chi connectivity index (χ1v) is 18.5. The summed E-state index contributed by atoms with van der Waals surface area (Å²) in [5.41, 5.74) is 5.71. The Balaban J connectivity index is 0.000000640. The fourth-order valence-corrected chi connectivity index (χ4v) is 4.48. The highest BCUT2D eigenvalue weighted by molar-refractivity contribution is 6.04. The van der Waals surface area contributed by atoms with E-state index in [9.17, 15) is 0 Å². The number of fused-ring (bicyclic) bond motifs is 3. The van der Waals surface area contributed by atoms with E-state index in [1.807, 2.05) is 155 Å². The van der Waals surface area contributed by atoms with Crippen LogP contribution in [0.4, 0.5) is 5.69 Å². The van der Waals surface area contributed by atoms with E-state index in [-0.39, 0.29) is 0 Å². The van der Waals surface area contributed by atoms with Crippen molar-refractivity contribution in [3.05, 3.63) is 152 Å². The summed E-state index contributed by atoms with van der Waals surface area (Å²) in [6, 6.07) is 41.0. The summed E-state index contributed by atoms with van der Waals surface area (Å²) in [5, 5.41) is 6.96. The van der Waals surface area contributed by atoms with Gasteiger partial charge in [0.1, 0.15) is 5.84 Å². The van der Waals surface area contributed by atoms with E-state index in [1.165, 1.54) is 27.3 Å². The molecule has 0 radical (unpaired) electrons. The summed E-state index contributed by atoms with van der Waals surface area (Å²) >= 11 is 0. The van der Waals surface area contributed by atoms with Gasteiger partial charge in [0.05, 0.1) is 11.2 Å². The number of nitrogens with zero attached hydrogens (tertiary/aromatic N) is 3. The van der Waals surface area contributed by atoms with Gasteiger partial charge in [-0.3, -0.25) is 9.97 Å². The summed E-state index contributed by atoms with van der Waals surface area (Å²) < 4.78 is 0. The zero-order valence-electron chi connectivity index (χ0n) is 32.6. The van der Waals surface area contributed by atoms with Crippen LogP contribution in [0.2, 0.25) is 0 Å². The molecule has 1 aliphatic heterocycles. The molecule has 0 spiro atoms. The lowest BCUT2D eigenvalue weighted by Gasteiger charge is -2.10. The van der Waals surface area contributed by atoms with E-state index < -0.39 is 0 Å². The molecule has 0 amide bonds.